The summed E-state index contributed by atoms with van der Waals surface area (Å²) in [5.74, 6) is 0.596. The molecule has 2 N–H and O–H groups in total. The predicted molar refractivity (Wildman–Crippen MR) is 107 cm³/mol. The summed E-state index contributed by atoms with van der Waals surface area (Å²) >= 11 is 1.44. The highest BCUT2D eigenvalue weighted by molar-refractivity contribution is 7.16. The Morgan fingerprint density at radius 2 is 2.04 bits per heavy atom. The van der Waals surface area contributed by atoms with Gasteiger partial charge in [0.15, 0.2) is 0 Å². The van der Waals surface area contributed by atoms with E-state index in [1.54, 1.807) is 6.07 Å². The van der Waals surface area contributed by atoms with E-state index in [4.69, 9.17) is 5.73 Å². The Bertz CT molecular complexity index is 998. The molecule has 0 bridgehead atoms. The molecule has 2 atom stereocenters. The van der Waals surface area contributed by atoms with E-state index in [9.17, 15) is 9.59 Å². The van der Waals surface area contributed by atoms with Crippen LogP contribution in [0.3, 0.4) is 0 Å². The van der Waals surface area contributed by atoms with E-state index in [0.717, 1.165) is 4.83 Å². The Kier molecular flexibility index (Phi) is 5.05. The molecule has 0 unspecified atom stereocenters. The zero-order valence-electron chi connectivity index (χ0n) is 15.0. The third-order valence-electron chi connectivity index (χ3n) is 5.34. The van der Waals surface area contributed by atoms with Crippen LogP contribution in [0.1, 0.15) is 17.9 Å². The smallest absolute Gasteiger partial charge is 0.262 e. The fourth-order valence-electron chi connectivity index (χ4n) is 3.82. The molecule has 3 aromatic rings. The van der Waals surface area contributed by atoms with Gasteiger partial charge in [0.2, 0.25) is 5.91 Å². The van der Waals surface area contributed by atoms with E-state index in [0.29, 0.717) is 31.6 Å². The molecule has 0 aliphatic carbocycles. The lowest BCUT2D eigenvalue weighted by molar-refractivity contribution is -0.130. The second-order valence-electron chi connectivity index (χ2n) is 6.94. The molecule has 2 aromatic heterocycles. The molecule has 4 rings (SSSR count). The van der Waals surface area contributed by atoms with Crippen molar-refractivity contribution in [2.45, 2.75) is 18.9 Å². The summed E-state index contributed by atoms with van der Waals surface area (Å²) in [7, 11) is 0. The maximum Gasteiger partial charge on any atom is 0.262 e. The molecule has 6 nitrogen and oxygen atoms in total. The first-order chi connectivity index (χ1) is 13.2. The lowest BCUT2D eigenvalue weighted by atomic mass is 9.89. The number of hydrogen-bond donors (Lipinski definition) is 1. The highest BCUT2D eigenvalue weighted by Crippen LogP contribution is 2.32. The van der Waals surface area contributed by atoms with Crippen LogP contribution in [0.5, 0.6) is 0 Å². The molecule has 27 heavy (non-hydrogen) atoms. The lowest BCUT2D eigenvalue weighted by Crippen LogP contribution is -2.31. The van der Waals surface area contributed by atoms with E-state index >= 15 is 0 Å². The Morgan fingerprint density at radius 3 is 2.81 bits per heavy atom. The Balaban J connectivity index is 1.44. The van der Waals surface area contributed by atoms with Crippen LogP contribution in [0.4, 0.5) is 0 Å². The molecule has 1 aliphatic heterocycles. The lowest BCUT2D eigenvalue weighted by Gasteiger charge is -2.17. The van der Waals surface area contributed by atoms with Gasteiger partial charge in [0.1, 0.15) is 4.83 Å². The minimum absolute atomic E-state index is 0.0594. The van der Waals surface area contributed by atoms with Gasteiger partial charge in [0.25, 0.3) is 5.56 Å². The van der Waals surface area contributed by atoms with Crippen LogP contribution in [0.15, 0.2) is 52.9 Å². The average Bonchev–Trinajstić information content (AvgIpc) is 3.35. The highest BCUT2D eigenvalue weighted by Gasteiger charge is 2.34. The van der Waals surface area contributed by atoms with Crippen molar-refractivity contribution in [3.05, 3.63) is 64.0 Å². The second kappa shape index (κ2) is 7.62. The number of aryl methyl sites for hydroxylation is 1. The van der Waals surface area contributed by atoms with Crippen LogP contribution in [0, 0.1) is 5.92 Å². The molecule has 1 saturated heterocycles. The van der Waals surface area contributed by atoms with Crippen molar-refractivity contribution in [3.63, 3.8) is 0 Å². The number of fused-ring (bicyclic) bond motifs is 1. The second-order valence-corrected chi connectivity index (χ2v) is 7.84. The Hall–Kier alpha value is -2.51. The van der Waals surface area contributed by atoms with Gasteiger partial charge in [0, 0.05) is 32.0 Å². The molecule has 1 aromatic carbocycles. The van der Waals surface area contributed by atoms with Crippen molar-refractivity contribution < 1.29 is 4.79 Å². The summed E-state index contributed by atoms with van der Waals surface area (Å²) in [6.45, 7) is 2.25. The van der Waals surface area contributed by atoms with Crippen LogP contribution in [-0.4, -0.2) is 40.0 Å². The van der Waals surface area contributed by atoms with Crippen LogP contribution >= 0.6 is 11.3 Å². The molecule has 0 saturated carbocycles. The largest absolute Gasteiger partial charge is 0.342 e. The molecular weight excluding hydrogens is 360 g/mol. The molecule has 1 fully saturated rings. The Morgan fingerprint density at radius 1 is 1.22 bits per heavy atom. The van der Waals surface area contributed by atoms with E-state index in [-0.39, 0.29) is 29.7 Å². The van der Waals surface area contributed by atoms with Crippen LogP contribution in [0.2, 0.25) is 0 Å². The topological polar surface area (TPSA) is 81.2 Å². The van der Waals surface area contributed by atoms with Crippen LogP contribution < -0.4 is 11.3 Å². The van der Waals surface area contributed by atoms with Gasteiger partial charge in [-0.3, -0.25) is 14.2 Å². The van der Waals surface area contributed by atoms with Gasteiger partial charge in [0.05, 0.1) is 11.7 Å². The molecule has 140 valence electrons. The standard InChI is InChI=1S/C20H22N4O2S/c21-10-15-11-24(12-17(15)14-4-2-1-3-5-14)18(25)6-8-23-13-22-19-16(20(23)26)7-9-27-19/h1-5,7,9,13,15,17H,6,8,10-12,21H2/t15-,17+/m1/s1. The number of aromatic nitrogens is 2. The SMILES string of the molecule is NC[C@@H]1CN(C(=O)CCn2cnc3sccc3c2=O)C[C@H]1c1ccccc1. The number of likely N-dealkylation sites (tertiary alicyclic amines) is 1. The molecular formula is C20H22N4O2S. The number of carbonyl (C=O) groups is 1. The summed E-state index contributed by atoms with van der Waals surface area (Å²) in [5.41, 5.74) is 7.10. The van der Waals surface area contributed by atoms with Gasteiger partial charge < -0.3 is 10.6 Å². The highest BCUT2D eigenvalue weighted by atomic mass is 32.1. The van der Waals surface area contributed by atoms with Gasteiger partial charge in [-0.15, -0.1) is 11.3 Å². The minimum atomic E-state index is -0.0857. The van der Waals surface area contributed by atoms with E-state index in [1.807, 2.05) is 28.5 Å². The molecule has 1 aliphatic rings. The molecule has 0 radical (unpaired) electrons. The van der Waals surface area contributed by atoms with Crippen molar-refractivity contribution in [1.29, 1.82) is 0 Å². The number of hydrogen-bond acceptors (Lipinski definition) is 5. The van der Waals surface area contributed by atoms with Crippen molar-refractivity contribution in [2.24, 2.45) is 11.7 Å². The molecule has 7 heteroatoms. The number of nitrogens with two attached hydrogens (primary N) is 1. The van der Waals surface area contributed by atoms with Crippen LogP contribution in [-0.2, 0) is 11.3 Å². The number of nitrogens with zero attached hydrogens (tertiary/aromatic N) is 3. The molecule has 3 heterocycles. The molecule has 0 spiro atoms. The summed E-state index contributed by atoms with van der Waals surface area (Å²) in [6, 6.07) is 12.0. The summed E-state index contributed by atoms with van der Waals surface area (Å²) in [5, 5.41) is 2.47. The van der Waals surface area contributed by atoms with Crippen molar-refractivity contribution in [1.82, 2.24) is 14.5 Å². The van der Waals surface area contributed by atoms with Gasteiger partial charge in [-0.25, -0.2) is 4.98 Å². The average molecular weight is 382 g/mol. The fraction of sp³-hybridized carbons (Fsp3) is 0.350. The fourth-order valence-corrected chi connectivity index (χ4v) is 4.54. The van der Waals surface area contributed by atoms with Crippen molar-refractivity contribution in [3.8, 4) is 0 Å². The molecule has 1 amide bonds. The van der Waals surface area contributed by atoms with Gasteiger partial charge in [-0.1, -0.05) is 30.3 Å². The predicted octanol–water partition coefficient (Wildman–Crippen LogP) is 2.05. The Labute approximate surface area is 161 Å². The summed E-state index contributed by atoms with van der Waals surface area (Å²) < 4.78 is 1.53. The maximum absolute atomic E-state index is 12.7. The van der Waals surface area contributed by atoms with Gasteiger partial charge in [-0.05, 0) is 29.5 Å². The monoisotopic (exact) mass is 382 g/mol. The summed E-state index contributed by atoms with van der Waals surface area (Å²) in [6.07, 6.45) is 1.82. The quantitative estimate of drug-likeness (QED) is 0.732. The van der Waals surface area contributed by atoms with Crippen molar-refractivity contribution in [2.75, 3.05) is 19.6 Å². The number of thiophene rings is 1. The van der Waals surface area contributed by atoms with Crippen molar-refractivity contribution >= 4 is 27.5 Å². The van der Waals surface area contributed by atoms with Gasteiger partial charge >= 0.3 is 0 Å². The first kappa shape index (κ1) is 17.9. The third kappa shape index (κ3) is 3.52. The minimum Gasteiger partial charge on any atom is -0.342 e. The normalized spacial score (nSPS) is 19.7. The summed E-state index contributed by atoms with van der Waals surface area (Å²) in [4.78, 5) is 32.1. The van der Waals surface area contributed by atoms with Crippen LogP contribution in [0.25, 0.3) is 10.2 Å². The maximum atomic E-state index is 12.7. The van der Waals surface area contributed by atoms with E-state index in [1.165, 1.54) is 27.8 Å². The van der Waals surface area contributed by atoms with E-state index < -0.39 is 0 Å². The number of carbonyl (C=O) groups excluding carboxylic acids is 1. The zero-order valence-corrected chi connectivity index (χ0v) is 15.8. The third-order valence-corrected chi connectivity index (χ3v) is 6.16. The number of amides is 1. The first-order valence-electron chi connectivity index (χ1n) is 9.13. The first-order valence-corrected chi connectivity index (χ1v) is 10.0. The number of benzene rings is 1. The van der Waals surface area contributed by atoms with E-state index in [2.05, 4.69) is 17.1 Å². The van der Waals surface area contributed by atoms with Gasteiger partial charge in [-0.2, -0.15) is 0 Å². The zero-order chi connectivity index (χ0) is 18.8. The number of rotatable bonds is 5.